The van der Waals surface area contributed by atoms with E-state index in [9.17, 15) is 14.7 Å². The molecule has 1 unspecified atom stereocenters. The third kappa shape index (κ3) is 6.64. The minimum atomic E-state index is -1.91. The first-order valence-corrected chi connectivity index (χ1v) is 18.1. The van der Waals surface area contributed by atoms with Crippen molar-refractivity contribution in [1.29, 1.82) is 0 Å². The van der Waals surface area contributed by atoms with Gasteiger partial charge in [0.1, 0.15) is 16.8 Å². The minimum absolute atomic E-state index is 0.0118. The second kappa shape index (κ2) is 15.1. The molecule has 7 rings (SSSR count). The molecular formula is C42H39N3O8S. The first-order chi connectivity index (χ1) is 26.2. The van der Waals surface area contributed by atoms with Crippen LogP contribution in [-0.4, -0.2) is 64.8 Å². The summed E-state index contributed by atoms with van der Waals surface area (Å²) in [4.78, 5) is 29.5. The van der Waals surface area contributed by atoms with Crippen molar-refractivity contribution in [3.8, 4) is 23.0 Å². The molecule has 0 radical (unpaired) electrons. The van der Waals surface area contributed by atoms with E-state index >= 15 is 0 Å². The van der Waals surface area contributed by atoms with Gasteiger partial charge in [-0.3, -0.25) is 4.90 Å². The lowest BCUT2D eigenvalue weighted by Crippen LogP contribution is -2.52. The first-order valence-electron chi connectivity index (χ1n) is 17.4. The van der Waals surface area contributed by atoms with Gasteiger partial charge in [0.05, 0.1) is 44.7 Å². The number of aromatic nitrogens is 2. The second-order valence-electron chi connectivity index (χ2n) is 13.1. The average molecular weight is 746 g/mol. The number of carboxylic acid groups (broad SMARTS) is 1. The molecule has 1 aliphatic rings. The van der Waals surface area contributed by atoms with E-state index in [1.54, 1.807) is 55.6 Å². The summed E-state index contributed by atoms with van der Waals surface area (Å²) in [5, 5.41) is 13.3. The molecule has 6 aromatic rings. The summed E-state index contributed by atoms with van der Waals surface area (Å²) >= 11 is 1.07. The molecular weight excluding hydrogens is 707 g/mol. The number of benzene rings is 5. The molecule has 1 atom stereocenters. The number of cyclic esters (lactones) is 1. The Balaban J connectivity index is 1.47. The van der Waals surface area contributed by atoms with Crippen molar-refractivity contribution in [3.05, 3.63) is 125 Å². The van der Waals surface area contributed by atoms with Crippen LogP contribution in [0.25, 0.3) is 27.4 Å². The van der Waals surface area contributed by atoms with Crippen molar-refractivity contribution >= 4 is 51.2 Å². The lowest BCUT2D eigenvalue weighted by atomic mass is 9.84. The summed E-state index contributed by atoms with van der Waals surface area (Å²) in [5.74, 6) is 1.13. The Labute approximate surface area is 316 Å². The highest BCUT2D eigenvalue weighted by molar-refractivity contribution is 7.00. The molecule has 11 nitrogen and oxygen atoms in total. The van der Waals surface area contributed by atoms with Crippen LogP contribution in [0.4, 0.5) is 4.79 Å². The number of fused-ring (bicyclic) bond motifs is 2. The second-order valence-corrected chi connectivity index (χ2v) is 13.6. The summed E-state index contributed by atoms with van der Waals surface area (Å²) in [5.41, 5.74) is 2.57. The highest BCUT2D eigenvalue weighted by atomic mass is 32.1. The Bertz CT molecular complexity index is 2380. The van der Waals surface area contributed by atoms with Gasteiger partial charge < -0.3 is 28.8 Å². The molecule has 5 aromatic carbocycles. The van der Waals surface area contributed by atoms with Crippen molar-refractivity contribution in [2.75, 3.05) is 27.9 Å². The number of rotatable bonds is 13. The molecule has 0 bridgehead atoms. The highest BCUT2D eigenvalue weighted by Crippen LogP contribution is 2.50. The highest BCUT2D eigenvalue weighted by Gasteiger charge is 2.55. The monoisotopic (exact) mass is 745 g/mol. The Kier molecular flexibility index (Phi) is 10.1. The molecule has 0 saturated heterocycles. The number of carbonyl (C=O) groups excluding carboxylic acids is 1. The Hall–Kier alpha value is -6.14. The van der Waals surface area contributed by atoms with Crippen LogP contribution >= 0.6 is 11.7 Å². The van der Waals surface area contributed by atoms with Gasteiger partial charge in [0.2, 0.25) is 11.5 Å². The SMILES string of the molecule is COc1ccc(C2(N(CCc3cccc4ccccc34)C(=O)O)OC(=O)C(c3ccc4nsnc4c3)=C2Cc2cc(OC)c(OC)c(OC(C)C)c2)cc1. The van der Waals surface area contributed by atoms with Crippen LogP contribution < -0.4 is 18.9 Å². The first kappa shape index (κ1) is 36.2. The van der Waals surface area contributed by atoms with E-state index in [0.29, 0.717) is 62.7 Å². The fourth-order valence-corrected chi connectivity index (χ4v) is 7.68. The van der Waals surface area contributed by atoms with Gasteiger partial charge in [-0.2, -0.15) is 8.75 Å². The maximum atomic E-state index is 14.5. The third-order valence-electron chi connectivity index (χ3n) is 9.52. The number of carbonyl (C=O) groups is 2. The summed E-state index contributed by atoms with van der Waals surface area (Å²) in [6.07, 6.45) is -1.07. The number of nitrogens with zero attached hydrogens (tertiary/aromatic N) is 3. The molecule has 276 valence electrons. The summed E-state index contributed by atoms with van der Waals surface area (Å²) in [7, 11) is 4.62. The lowest BCUT2D eigenvalue weighted by Gasteiger charge is -2.40. The van der Waals surface area contributed by atoms with E-state index in [1.165, 1.54) is 19.1 Å². The Morgan fingerprint density at radius 3 is 2.33 bits per heavy atom. The molecule has 1 aliphatic heterocycles. The van der Waals surface area contributed by atoms with Crippen molar-refractivity contribution in [1.82, 2.24) is 13.6 Å². The lowest BCUT2D eigenvalue weighted by molar-refractivity contribution is -0.161. The minimum Gasteiger partial charge on any atom is -0.497 e. The maximum Gasteiger partial charge on any atom is 0.410 e. The fourth-order valence-electron chi connectivity index (χ4n) is 7.16. The van der Waals surface area contributed by atoms with Gasteiger partial charge in [-0.15, -0.1) is 0 Å². The Morgan fingerprint density at radius 2 is 1.61 bits per heavy atom. The van der Waals surface area contributed by atoms with Gasteiger partial charge in [0, 0.05) is 24.1 Å². The van der Waals surface area contributed by atoms with Gasteiger partial charge in [0.25, 0.3) is 0 Å². The van der Waals surface area contributed by atoms with E-state index < -0.39 is 17.8 Å². The third-order valence-corrected chi connectivity index (χ3v) is 10.1. The smallest absolute Gasteiger partial charge is 0.410 e. The van der Waals surface area contributed by atoms with E-state index in [2.05, 4.69) is 8.75 Å². The van der Waals surface area contributed by atoms with Crippen LogP contribution in [0.15, 0.2) is 103 Å². The normalized spacial score (nSPS) is 15.5. The van der Waals surface area contributed by atoms with Gasteiger partial charge in [-0.25, -0.2) is 9.59 Å². The van der Waals surface area contributed by atoms with Crippen LogP contribution in [0.3, 0.4) is 0 Å². The van der Waals surface area contributed by atoms with Crippen LogP contribution in [0.2, 0.25) is 0 Å². The van der Waals surface area contributed by atoms with Crippen molar-refractivity contribution in [2.24, 2.45) is 0 Å². The number of methoxy groups -OCH3 is 3. The topological polar surface area (TPSA) is 130 Å². The molecule has 12 heteroatoms. The molecule has 54 heavy (non-hydrogen) atoms. The van der Waals surface area contributed by atoms with Crippen LogP contribution in [0, 0.1) is 0 Å². The van der Waals surface area contributed by atoms with E-state index in [0.717, 1.165) is 28.1 Å². The number of amides is 1. The predicted molar refractivity (Wildman–Crippen MR) is 206 cm³/mol. The summed E-state index contributed by atoms with van der Waals surface area (Å²) < 4.78 is 38.4. The molecule has 2 heterocycles. The molecule has 0 aliphatic carbocycles. The number of ether oxygens (including phenoxy) is 5. The van der Waals surface area contributed by atoms with Gasteiger partial charge in [-0.1, -0.05) is 48.5 Å². The van der Waals surface area contributed by atoms with Gasteiger partial charge in [-0.05, 0) is 96.3 Å². The average Bonchev–Trinajstić information content (AvgIpc) is 3.76. The fraction of sp³-hybridized carbons (Fsp3) is 0.238. The summed E-state index contributed by atoms with van der Waals surface area (Å²) in [6.45, 7) is 3.80. The van der Waals surface area contributed by atoms with Crippen molar-refractivity contribution in [2.45, 2.75) is 38.5 Å². The van der Waals surface area contributed by atoms with Crippen LogP contribution in [0.1, 0.15) is 36.1 Å². The number of hydrogen-bond donors (Lipinski definition) is 1. The number of hydrogen-bond acceptors (Lipinski definition) is 10. The van der Waals surface area contributed by atoms with Gasteiger partial charge >= 0.3 is 12.1 Å². The largest absolute Gasteiger partial charge is 0.497 e. The van der Waals surface area contributed by atoms with Crippen molar-refractivity contribution in [3.63, 3.8) is 0 Å². The Morgan fingerprint density at radius 1 is 0.870 bits per heavy atom. The van der Waals surface area contributed by atoms with Crippen molar-refractivity contribution < 1.29 is 38.4 Å². The molecule has 1 N–H and O–H groups in total. The van der Waals surface area contributed by atoms with E-state index in [4.69, 9.17) is 23.7 Å². The molecule has 0 saturated carbocycles. The zero-order chi connectivity index (χ0) is 38.0. The molecule has 0 spiro atoms. The van der Waals surface area contributed by atoms with E-state index in [-0.39, 0.29) is 24.6 Å². The zero-order valence-electron chi connectivity index (χ0n) is 30.5. The quantitative estimate of drug-likeness (QED) is 0.115. The molecule has 1 aromatic heterocycles. The van der Waals surface area contributed by atoms with Crippen LogP contribution in [-0.2, 0) is 28.1 Å². The van der Waals surface area contributed by atoms with Gasteiger partial charge in [0.15, 0.2) is 11.5 Å². The predicted octanol–water partition coefficient (Wildman–Crippen LogP) is 8.29. The van der Waals surface area contributed by atoms with E-state index in [1.807, 2.05) is 62.4 Å². The summed E-state index contributed by atoms with van der Waals surface area (Å²) in [6, 6.07) is 29.8. The van der Waals surface area contributed by atoms with Crippen LogP contribution in [0.5, 0.6) is 23.0 Å². The maximum absolute atomic E-state index is 14.5. The number of esters is 1. The molecule has 0 fully saturated rings. The molecule has 1 amide bonds. The zero-order valence-corrected chi connectivity index (χ0v) is 31.3. The standard InChI is InChI=1S/C42H39N3O8S/c1-25(2)52-37-23-26(22-36(50-4)39(37)51-5)21-33-38(29-13-18-34-35(24-29)44-54-43-34)40(46)53-42(33,30-14-16-31(49-3)17-15-30)45(41(47)48)20-19-28-11-8-10-27-9-6-7-12-32(27)28/h6-18,22-25H,19-21H2,1-5H3,(H,47,48).